The van der Waals surface area contributed by atoms with Crippen molar-refractivity contribution in [1.29, 1.82) is 21.0 Å². The predicted octanol–water partition coefficient (Wildman–Crippen LogP) is 2.44. The Labute approximate surface area is 122 Å². The van der Waals surface area contributed by atoms with Crippen LogP contribution in [0.3, 0.4) is 0 Å². The first kappa shape index (κ1) is 15.4. The van der Waals surface area contributed by atoms with Crippen molar-refractivity contribution < 1.29 is 0 Å². The van der Waals surface area contributed by atoms with Crippen LogP contribution >= 0.6 is 0 Å². The average Bonchev–Trinajstić information content (AvgIpc) is 2.50. The van der Waals surface area contributed by atoms with Crippen LogP contribution in [0, 0.1) is 59.2 Å². The van der Waals surface area contributed by atoms with Gasteiger partial charge in [-0.05, 0) is 37.1 Å². The fraction of sp³-hybridized carbons (Fsp3) is 0.133. The van der Waals surface area contributed by atoms with E-state index in [0.29, 0.717) is 5.69 Å². The summed E-state index contributed by atoms with van der Waals surface area (Å²) in [6.45, 7) is 3.84. The lowest BCUT2D eigenvalue weighted by Gasteiger charge is -2.15. The van der Waals surface area contributed by atoms with E-state index in [-0.39, 0.29) is 11.3 Å². The van der Waals surface area contributed by atoms with Crippen LogP contribution < -0.4 is 5.01 Å². The van der Waals surface area contributed by atoms with Gasteiger partial charge in [0.05, 0.1) is 11.9 Å². The summed E-state index contributed by atoms with van der Waals surface area (Å²) in [6, 6.07) is 12.1. The lowest BCUT2D eigenvalue weighted by Crippen LogP contribution is -2.12. The van der Waals surface area contributed by atoms with Crippen LogP contribution in [0.5, 0.6) is 0 Å². The second-order valence-electron chi connectivity index (χ2n) is 4.05. The summed E-state index contributed by atoms with van der Waals surface area (Å²) in [5.74, 6) is 0. The number of rotatable bonds is 3. The molecule has 1 aromatic carbocycles. The Morgan fingerprint density at radius 2 is 1.62 bits per heavy atom. The summed E-state index contributed by atoms with van der Waals surface area (Å²) >= 11 is 0. The molecule has 6 heteroatoms. The molecule has 0 aliphatic heterocycles. The number of hydrazone groups is 1. The molecule has 0 spiro atoms. The molecule has 0 heterocycles. The standard InChI is InChI=1S/C15H10N6/c1-11-3-4-15(5-12(11)2)21(10-13(6-16)7-17)20-14(8-18)9-19/h3-5,10H,1-2H3. The van der Waals surface area contributed by atoms with Gasteiger partial charge in [0.1, 0.15) is 29.8 Å². The third kappa shape index (κ3) is 3.93. The van der Waals surface area contributed by atoms with Gasteiger partial charge in [-0.25, -0.2) is 5.01 Å². The molecule has 0 saturated heterocycles. The topological polar surface area (TPSA) is 111 Å². The molecule has 0 amide bonds. The maximum Gasteiger partial charge on any atom is 0.237 e. The van der Waals surface area contributed by atoms with Crippen molar-refractivity contribution in [2.24, 2.45) is 5.10 Å². The molecule has 0 N–H and O–H groups in total. The van der Waals surface area contributed by atoms with Gasteiger partial charge >= 0.3 is 0 Å². The smallest absolute Gasteiger partial charge is 0.237 e. The highest BCUT2D eigenvalue weighted by Crippen LogP contribution is 2.20. The predicted molar refractivity (Wildman–Crippen MR) is 76.4 cm³/mol. The quantitative estimate of drug-likeness (QED) is 0.477. The Morgan fingerprint density at radius 3 is 2.10 bits per heavy atom. The first-order chi connectivity index (χ1) is 10.0. The number of allylic oxidation sites excluding steroid dienone is 1. The largest absolute Gasteiger partial charge is 0.237 e. The van der Waals surface area contributed by atoms with Crippen molar-refractivity contribution in [2.75, 3.05) is 5.01 Å². The Bertz CT molecular complexity index is 700. The van der Waals surface area contributed by atoms with Crippen LogP contribution in [-0.2, 0) is 0 Å². The number of aryl methyl sites for hydroxylation is 2. The zero-order chi connectivity index (χ0) is 15.8. The van der Waals surface area contributed by atoms with Crippen LogP contribution in [0.1, 0.15) is 11.1 Å². The highest BCUT2D eigenvalue weighted by molar-refractivity contribution is 6.10. The highest BCUT2D eigenvalue weighted by Gasteiger charge is 2.08. The molecule has 1 aromatic rings. The molecule has 1 rings (SSSR count). The summed E-state index contributed by atoms with van der Waals surface area (Å²) in [4.78, 5) is 0. The summed E-state index contributed by atoms with van der Waals surface area (Å²) in [5, 5.41) is 40.2. The third-order valence-corrected chi connectivity index (χ3v) is 2.67. The molecule has 0 radical (unpaired) electrons. The van der Waals surface area contributed by atoms with Gasteiger partial charge in [-0.1, -0.05) is 6.07 Å². The van der Waals surface area contributed by atoms with Gasteiger partial charge in [0.15, 0.2) is 0 Å². The molecular formula is C15H10N6. The molecule has 0 bridgehead atoms. The molecule has 21 heavy (non-hydrogen) atoms. The molecule has 0 unspecified atom stereocenters. The lowest BCUT2D eigenvalue weighted by molar-refractivity contribution is 1.07. The van der Waals surface area contributed by atoms with Crippen LogP contribution in [0.4, 0.5) is 5.69 Å². The molecule has 0 saturated carbocycles. The van der Waals surface area contributed by atoms with Gasteiger partial charge in [0, 0.05) is 0 Å². The molecule has 0 aromatic heterocycles. The summed E-state index contributed by atoms with van der Waals surface area (Å²) < 4.78 is 0. The van der Waals surface area contributed by atoms with Crippen molar-refractivity contribution in [3.8, 4) is 24.3 Å². The van der Waals surface area contributed by atoms with Gasteiger partial charge in [-0.3, -0.25) is 0 Å². The van der Waals surface area contributed by atoms with Gasteiger partial charge in [-0.15, -0.1) is 5.10 Å². The Kier molecular flexibility index (Phi) is 5.22. The zero-order valence-electron chi connectivity index (χ0n) is 11.5. The minimum atomic E-state index is -0.375. The van der Waals surface area contributed by atoms with Gasteiger partial charge in [0.2, 0.25) is 5.71 Å². The minimum Gasteiger partial charge on any atom is -0.237 e. The number of anilines is 1. The number of benzene rings is 1. The van der Waals surface area contributed by atoms with Crippen LogP contribution in [0.25, 0.3) is 0 Å². The first-order valence-electron chi connectivity index (χ1n) is 5.83. The van der Waals surface area contributed by atoms with Gasteiger partial charge in [-0.2, -0.15) is 21.0 Å². The number of nitriles is 4. The van der Waals surface area contributed by atoms with Crippen molar-refractivity contribution in [2.45, 2.75) is 13.8 Å². The fourth-order valence-electron chi connectivity index (χ4n) is 1.41. The summed E-state index contributed by atoms with van der Waals surface area (Å²) in [7, 11) is 0. The highest BCUT2D eigenvalue weighted by atomic mass is 15.4. The third-order valence-electron chi connectivity index (χ3n) is 2.67. The minimum absolute atomic E-state index is 0.188. The zero-order valence-corrected chi connectivity index (χ0v) is 11.5. The van der Waals surface area contributed by atoms with Gasteiger partial charge in [0.25, 0.3) is 0 Å². The SMILES string of the molecule is Cc1ccc(N(C=C(C#N)C#N)N=C(C#N)C#N)cc1C. The van der Waals surface area contributed by atoms with Crippen LogP contribution in [-0.4, -0.2) is 5.71 Å². The number of nitrogens with zero attached hydrogens (tertiary/aromatic N) is 6. The van der Waals surface area contributed by atoms with E-state index in [1.165, 1.54) is 11.2 Å². The average molecular weight is 274 g/mol. The molecule has 6 nitrogen and oxygen atoms in total. The lowest BCUT2D eigenvalue weighted by atomic mass is 10.1. The second kappa shape index (κ2) is 7.10. The monoisotopic (exact) mass is 274 g/mol. The first-order valence-corrected chi connectivity index (χ1v) is 5.83. The van der Waals surface area contributed by atoms with Crippen LogP contribution in [0.15, 0.2) is 35.1 Å². The summed E-state index contributed by atoms with van der Waals surface area (Å²) in [5.41, 5.74) is 2.02. The Hall–Kier alpha value is -3.61. The Balaban J connectivity index is 3.44. The van der Waals surface area contributed by atoms with Crippen molar-refractivity contribution in [3.63, 3.8) is 0 Å². The maximum atomic E-state index is 8.82. The van der Waals surface area contributed by atoms with Gasteiger partial charge < -0.3 is 0 Å². The molecule has 100 valence electrons. The molecule has 0 atom stereocenters. The number of hydrogen-bond donors (Lipinski definition) is 0. The van der Waals surface area contributed by atoms with Crippen molar-refractivity contribution in [1.82, 2.24) is 0 Å². The number of hydrogen-bond acceptors (Lipinski definition) is 6. The molecule has 0 aliphatic rings. The van der Waals surface area contributed by atoms with E-state index in [2.05, 4.69) is 5.10 Å². The Morgan fingerprint density at radius 1 is 1.00 bits per heavy atom. The molecule has 0 fully saturated rings. The van der Waals surface area contributed by atoms with E-state index in [9.17, 15) is 0 Å². The van der Waals surface area contributed by atoms with E-state index < -0.39 is 0 Å². The summed E-state index contributed by atoms with van der Waals surface area (Å²) in [6.07, 6.45) is 1.18. The molecule has 0 aliphatic carbocycles. The normalized spacial score (nSPS) is 8.29. The fourth-order valence-corrected chi connectivity index (χ4v) is 1.41. The van der Waals surface area contributed by atoms with E-state index in [0.717, 1.165) is 11.1 Å². The van der Waals surface area contributed by atoms with E-state index in [4.69, 9.17) is 21.0 Å². The molecular weight excluding hydrogens is 264 g/mol. The van der Waals surface area contributed by atoms with E-state index in [1.807, 2.05) is 19.9 Å². The van der Waals surface area contributed by atoms with Crippen LogP contribution in [0.2, 0.25) is 0 Å². The van der Waals surface area contributed by atoms with E-state index in [1.54, 1.807) is 36.4 Å². The second-order valence-corrected chi connectivity index (χ2v) is 4.05. The van der Waals surface area contributed by atoms with Crippen molar-refractivity contribution >= 4 is 11.4 Å². The maximum absolute atomic E-state index is 8.82. The van der Waals surface area contributed by atoms with Crippen molar-refractivity contribution in [3.05, 3.63) is 41.1 Å². The van der Waals surface area contributed by atoms with E-state index >= 15 is 0 Å².